The Balaban J connectivity index is 1.14. The molecule has 0 bridgehead atoms. The van der Waals surface area contributed by atoms with Gasteiger partial charge in [0.15, 0.2) is 0 Å². The molecule has 3 aliphatic rings. The molecule has 1 saturated carbocycles. The summed E-state index contributed by atoms with van der Waals surface area (Å²) < 4.78 is 0. The number of amides is 1. The van der Waals surface area contributed by atoms with Crippen LogP contribution in [0.25, 0.3) is 0 Å². The van der Waals surface area contributed by atoms with Crippen molar-refractivity contribution in [3.63, 3.8) is 0 Å². The average Bonchev–Trinajstić information content (AvgIpc) is 2.94. The zero-order chi connectivity index (χ0) is 23.5. The van der Waals surface area contributed by atoms with Crippen LogP contribution >= 0.6 is 11.3 Å². The Morgan fingerprint density at radius 2 is 1.85 bits per heavy atom. The summed E-state index contributed by atoms with van der Waals surface area (Å²) >= 11 is 2.04. The lowest BCUT2D eigenvalue weighted by Gasteiger charge is -2.29. The van der Waals surface area contributed by atoms with Crippen LogP contribution < -0.4 is 0 Å². The molecule has 0 aromatic carbocycles. The van der Waals surface area contributed by atoms with Gasteiger partial charge in [0.05, 0.1) is 10.7 Å². The van der Waals surface area contributed by atoms with Gasteiger partial charge in [0.2, 0.25) is 0 Å². The molecule has 1 amide bonds. The minimum absolute atomic E-state index is 0.0428. The second kappa shape index (κ2) is 10.7. The number of hydrogen-bond acceptors (Lipinski definition) is 4. The Morgan fingerprint density at radius 1 is 1.03 bits per heavy atom. The topological polar surface area (TPSA) is 46.1 Å². The first-order valence-electron chi connectivity index (χ1n) is 13.4. The number of hydrogen-bond donors (Lipinski definition) is 0. The molecule has 3 aliphatic carbocycles. The summed E-state index contributed by atoms with van der Waals surface area (Å²) in [6, 6.07) is 3.92. The van der Waals surface area contributed by atoms with Crippen molar-refractivity contribution < 1.29 is 4.79 Å². The highest BCUT2D eigenvalue weighted by atomic mass is 32.1. The number of thiazole rings is 1. The molecule has 0 aliphatic heterocycles. The number of fused-ring (bicyclic) bond motifs is 1. The van der Waals surface area contributed by atoms with E-state index in [1.807, 2.05) is 23.6 Å². The van der Waals surface area contributed by atoms with Crippen molar-refractivity contribution in [1.29, 1.82) is 0 Å². The molecule has 0 spiro atoms. The van der Waals surface area contributed by atoms with Gasteiger partial charge in [-0.05, 0) is 87.7 Å². The van der Waals surface area contributed by atoms with Gasteiger partial charge >= 0.3 is 0 Å². The fourth-order valence-electron chi connectivity index (χ4n) is 5.87. The van der Waals surface area contributed by atoms with Crippen molar-refractivity contribution in [3.05, 3.63) is 56.8 Å². The molecule has 2 aromatic heterocycles. The lowest BCUT2D eigenvalue weighted by Crippen LogP contribution is -2.22. The molecular formula is C29H39N3OS. The predicted molar refractivity (Wildman–Crippen MR) is 139 cm³/mol. The van der Waals surface area contributed by atoms with Gasteiger partial charge < -0.3 is 4.90 Å². The number of carbonyl (C=O) groups is 1. The van der Waals surface area contributed by atoms with Gasteiger partial charge in [-0.2, -0.15) is 0 Å². The van der Waals surface area contributed by atoms with Gasteiger partial charge in [-0.3, -0.25) is 9.78 Å². The number of carbonyl (C=O) groups excluding carboxylic acids is 1. The third kappa shape index (κ3) is 5.62. The molecule has 4 nitrogen and oxygen atoms in total. The highest BCUT2D eigenvalue weighted by Crippen LogP contribution is 2.40. The van der Waals surface area contributed by atoms with Crippen LogP contribution in [-0.2, 0) is 19.3 Å². The largest absolute Gasteiger partial charge is 0.343 e. The number of aryl methyl sites for hydroxylation is 2. The monoisotopic (exact) mass is 477 g/mol. The van der Waals surface area contributed by atoms with E-state index in [1.54, 1.807) is 23.9 Å². The SMILES string of the molecule is CN(C)C(=O)c1ccc(CC2=CCCC(c3nc4c(s3)CCC(CC3CCC3)CC4)CC2)cn1. The predicted octanol–water partition coefficient (Wildman–Crippen LogP) is 6.75. The molecule has 0 radical (unpaired) electrons. The number of rotatable bonds is 6. The summed E-state index contributed by atoms with van der Waals surface area (Å²) in [6.07, 6.45) is 21.1. The van der Waals surface area contributed by atoms with Crippen LogP contribution in [0.5, 0.6) is 0 Å². The molecule has 5 heteroatoms. The summed E-state index contributed by atoms with van der Waals surface area (Å²) in [5, 5.41) is 1.41. The molecule has 2 unspecified atom stereocenters. The van der Waals surface area contributed by atoms with Crippen molar-refractivity contribution >= 4 is 17.2 Å². The van der Waals surface area contributed by atoms with Crippen molar-refractivity contribution in [2.45, 2.75) is 89.4 Å². The van der Waals surface area contributed by atoms with Crippen molar-refractivity contribution in [2.24, 2.45) is 11.8 Å². The van der Waals surface area contributed by atoms with E-state index >= 15 is 0 Å². The van der Waals surface area contributed by atoms with E-state index in [9.17, 15) is 4.79 Å². The number of allylic oxidation sites excluding steroid dienone is 2. The summed E-state index contributed by atoms with van der Waals surface area (Å²) in [5.41, 5.74) is 4.65. The van der Waals surface area contributed by atoms with Gasteiger partial charge in [-0.15, -0.1) is 11.3 Å². The first kappa shape index (κ1) is 23.7. The number of nitrogens with zero attached hydrogens (tertiary/aromatic N) is 3. The first-order valence-corrected chi connectivity index (χ1v) is 14.2. The molecule has 1 fully saturated rings. The average molecular weight is 478 g/mol. The fourth-order valence-corrected chi connectivity index (χ4v) is 7.17. The Kier molecular flexibility index (Phi) is 7.48. The van der Waals surface area contributed by atoms with Gasteiger partial charge in [-0.25, -0.2) is 4.98 Å². The van der Waals surface area contributed by atoms with Crippen LogP contribution in [0, 0.1) is 11.8 Å². The van der Waals surface area contributed by atoms with Gasteiger partial charge in [0.1, 0.15) is 5.69 Å². The lowest BCUT2D eigenvalue weighted by molar-refractivity contribution is 0.0822. The number of aromatic nitrogens is 2. The van der Waals surface area contributed by atoms with E-state index in [0.29, 0.717) is 11.6 Å². The van der Waals surface area contributed by atoms with Crippen LogP contribution in [0.3, 0.4) is 0 Å². The molecule has 0 saturated heterocycles. The van der Waals surface area contributed by atoms with Crippen LogP contribution in [0.2, 0.25) is 0 Å². The third-order valence-electron chi connectivity index (χ3n) is 8.25. The van der Waals surface area contributed by atoms with Gasteiger partial charge in [0, 0.05) is 31.1 Å². The van der Waals surface area contributed by atoms with Gasteiger partial charge in [-0.1, -0.05) is 37.0 Å². The van der Waals surface area contributed by atoms with E-state index in [4.69, 9.17) is 4.98 Å². The Bertz CT molecular complexity index is 993. The van der Waals surface area contributed by atoms with E-state index in [-0.39, 0.29) is 5.91 Å². The van der Waals surface area contributed by atoms with E-state index in [0.717, 1.165) is 31.1 Å². The summed E-state index contributed by atoms with van der Waals surface area (Å²) in [5.74, 6) is 2.53. The molecule has 0 N–H and O–H groups in total. The van der Waals surface area contributed by atoms with E-state index in [1.165, 1.54) is 86.0 Å². The normalized spacial score (nSPS) is 23.3. The third-order valence-corrected chi connectivity index (χ3v) is 9.57. The van der Waals surface area contributed by atoms with Crippen molar-refractivity contribution in [1.82, 2.24) is 14.9 Å². The maximum Gasteiger partial charge on any atom is 0.271 e. The Labute approximate surface area is 208 Å². The highest BCUT2D eigenvalue weighted by Gasteiger charge is 2.27. The lowest BCUT2D eigenvalue weighted by atomic mass is 9.77. The standard InChI is InChI=1S/C29H39N3OS/c1-32(2)29(33)26-15-11-23(19-30-26)18-21-7-4-8-24(13-9-21)28-31-25-14-10-22(12-16-27(25)34-28)17-20-5-3-6-20/h7,11,15,19-20,22,24H,3-6,8-10,12-14,16-18H2,1-2H3. The summed E-state index contributed by atoms with van der Waals surface area (Å²) in [7, 11) is 3.52. The maximum atomic E-state index is 12.1. The van der Waals surface area contributed by atoms with Crippen LogP contribution in [0.15, 0.2) is 30.0 Å². The molecule has 5 rings (SSSR count). The quantitative estimate of drug-likeness (QED) is 0.341. The number of pyridine rings is 1. The van der Waals surface area contributed by atoms with Crippen molar-refractivity contribution in [2.75, 3.05) is 14.1 Å². The molecular weight excluding hydrogens is 438 g/mol. The van der Waals surface area contributed by atoms with Crippen molar-refractivity contribution in [3.8, 4) is 0 Å². The zero-order valence-corrected chi connectivity index (χ0v) is 21.7. The minimum atomic E-state index is -0.0428. The van der Waals surface area contributed by atoms with Crippen LogP contribution in [0.4, 0.5) is 0 Å². The zero-order valence-electron chi connectivity index (χ0n) is 20.9. The first-order chi connectivity index (χ1) is 16.5. The second-order valence-electron chi connectivity index (χ2n) is 11.0. The highest BCUT2D eigenvalue weighted by molar-refractivity contribution is 7.11. The van der Waals surface area contributed by atoms with Gasteiger partial charge in [0.25, 0.3) is 5.91 Å². The minimum Gasteiger partial charge on any atom is -0.343 e. The Hall–Kier alpha value is -2.01. The summed E-state index contributed by atoms with van der Waals surface area (Å²) in [6.45, 7) is 0. The van der Waals surface area contributed by atoms with E-state index < -0.39 is 0 Å². The Morgan fingerprint density at radius 3 is 2.59 bits per heavy atom. The van der Waals surface area contributed by atoms with E-state index in [2.05, 4.69) is 17.1 Å². The van der Waals surface area contributed by atoms with Crippen LogP contribution in [0.1, 0.15) is 102 Å². The molecule has 2 atom stereocenters. The second-order valence-corrected chi connectivity index (χ2v) is 12.1. The molecule has 2 heterocycles. The molecule has 34 heavy (non-hydrogen) atoms. The van der Waals surface area contributed by atoms with Crippen LogP contribution in [-0.4, -0.2) is 34.9 Å². The smallest absolute Gasteiger partial charge is 0.271 e. The maximum absolute atomic E-state index is 12.1. The fraction of sp³-hybridized carbons (Fsp3) is 0.621. The summed E-state index contributed by atoms with van der Waals surface area (Å²) in [4.78, 5) is 24.9. The molecule has 2 aromatic rings. The molecule has 182 valence electrons.